The summed E-state index contributed by atoms with van der Waals surface area (Å²) in [5, 5.41) is 0.603. The van der Waals surface area contributed by atoms with Crippen LogP contribution in [0.4, 0.5) is 0 Å². The predicted molar refractivity (Wildman–Crippen MR) is 120 cm³/mol. The Hall–Kier alpha value is -1.74. The molecule has 30 heavy (non-hydrogen) atoms. The monoisotopic (exact) mass is 454 g/mol. The Morgan fingerprint density at radius 1 is 1.20 bits per heavy atom. The SMILES string of the molecule is CCC(CC)C(=O)N=C1S[C@@H]2CS(=O)(=O)C[C@@H]2N1CCc1ccc(OC)c(OC)c1. The Labute approximate surface area is 183 Å². The number of ether oxygens (including phenoxy) is 2. The van der Waals surface area contributed by atoms with Crippen LogP contribution in [0.25, 0.3) is 0 Å². The maximum atomic E-state index is 12.6. The first kappa shape index (κ1) is 22.9. The maximum absolute atomic E-state index is 12.6. The van der Waals surface area contributed by atoms with E-state index in [0.717, 1.165) is 18.4 Å². The topological polar surface area (TPSA) is 85.3 Å². The molecule has 2 aliphatic rings. The van der Waals surface area contributed by atoms with E-state index in [9.17, 15) is 13.2 Å². The summed E-state index contributed by atoms with van der Waals surface area (Å²) in [6.45, 7) is 4.57. The van der Waals surface area contributed by atoms with Crippen molar-refractivity contribution < 1.29 is 22.7 Å². The standard InChI is InChI=1S/C21H30N2O5S2/c1-5-15(6-2)20(24)22-21-23(16-12-30(25,26)13-19(16)29-21)10-9-14-7-8-17(27-3)18(11-14)28-4/h7-8,11,15-16,19H,5-6,9-10,12-13H2,1-4H3/t16-,19+/m0/s1. The lowest BCUT2D eigenvalue weighted by molar-refractivity contribution is -0.121. The number of rotatable bonds is 8. The average Bonchev–Trinajstić information content (AvgIpc) is 3.17. The fourth-order valence-electron chi connectivity index (χ4n) is 4.01. The van der Waals surface area contributed by atoms with E-state index in [-0.39, 0.29) is 34.6 Å². The van der Waals surface area contributed by atoms with Crippen LogP contribution in [0.2, 0.25) is 0 Å². The molecule has 1 amide bonds. The number of amidine groups is 1. The van der Waals surface area contributed by atoms with Crippen LogP contribution in [-0.4, -0.2) is 68.0 Å². The number of carbonyl (C=O) groups excluding carboxylic acids is 1. The average molecular weight is 455 g/mol. The van der Waals surface area contributed by atoms with E-state index in [1.165, 1.54) is 11.8 Å². The Kier molecular flexibility index (Phi) is 7.34. The minimum absolute atomic E-state index is 0.0614. The highest BCUT2D eigenvalue weighted by atomic mass is 32.2. The molecule has 2 aliphatic heterocycles. The third-order valence-corrected chi connectivity index (χ3v) is 9.05. The highest BCUT2D eigenvalue weighted by Crippen LogP contribution is 2.38. The molecule has 2 fully saturated rings. The van der Waals surface area contributed by atoms with E-state index in [2.05, 4.69) is 4.99 Å². The summed E-state index contributed by atoms with van der Waals surface area (Å²) in [5.41, 5.74) is 1.05. The molecule has 166 valence electrons. The van der Waals surface area contributed by atoms with Crippen LogP contribution in [0.3, 0.4) is 0 Å². The van der Waals surface area contributed by atoms with Crippen molar-refractivity contribution in [2.24, 2.45) is 10.9 Å². The Balaban J connectivity index is 1.81. The number of nitrogens with zero attached hydrogens (tertiary/aromatic N) is 2. The summed E-state index contributed by atoms with van der Waals surface area (Å²) in [6, 6.07) is 5.63. The van der Waals surface area contributed by atoms with Crippen LogP contribution in [-0.2, 0) is 21.1 Å². The molecule has 0 bridgehead atoms. The smallest absolute Gasteiger partial charge is 0.251 e. The minimum Gasteiger partial charge on any atom is -0.493 e. The van der Waals surface area contributed by atoms with Gasteiger partial charge in [0.05, 0.1) is 31.8 Å². The number of fused-ring (bicyclic) bond motifs is 1. The molecule has 0 aromatic heterocycles. The third-order valence-electron chi connectivity index (χ3n) is 5.80. The zero-order valence-electron chi connectivity index (χ0n) is 18.0. The molecule has 2 heterocycles. The molecule has 0 N–H and O–H groups in total. The van der Waals surface area contributed by atoms with Gasteiger partial charge in [0, 0.05) is 17.7 Å². The van der Waals surface area contributed by atoms with Gasteiger partial charge in [0.2, 0.25) is 0 Å². The minimum atomic E-state index is -3.06. The lowest BCUT2D eigenvalue weighted by Crippen LogP contribution is -2.39. The lowest BCUT2D eigenvalue weighted by atomic mass is 10.0. The third kappa shape index (κ3) is 4.94. The molecule has 2 saturated heterocycles. The summed E-state index contributed by atoms with van der Waals surface area (Å²) < 4.78 is 35.0. The zero-order chi connectivity index (χ0) is 21.9. The van der Waals surface area contributed by atoms with Crippen molar-refractivity contribution in [3.05, 3.63) is 23.8 Å². The van der Waals surface area contributed by atoms with Gasteiger partial charge in [-0.1, -0.05) is 31.7 Å². The number of thioether (sulfide) groups is 1. The van der Waals surface area contributed by atoms with Gasteiger partial charge in [-0.05, 0) is 37.0 Å². The number of amides is 1. The highest BCUT2D eigenvalue weighted by molar-refractivity contribution is 8.15. The van der Waals surface area contributed by atoms with Crippen LogP contribution in [0, 0.1) is 5.92 Å². The molecule has 0 saturated carbocycles. The van der Waals surface area contributed by atoms with Crippen molar-refractivity contribution >= 4 is 32.7 Å². The number of benzene rings is 1. The Bertz CT molecular complexity index is 912. The van der Waals surface area contributed by atoms with Crippen LogP contribution in [0.15, 0.2) is 23.2 Å². The van der Waals surface area contributed by atoms with Crippen LogP contribution >= 0.6 is 11.8 Å². The van der Waals surface area contributed by atoms with Crippen LogP contribution in [0.1, 0.15) is 32.3 Å². The second-order valence-corrected chi connectivity index (χ2v) is 11.0. The largest absolute Gasteiger partial charge is 0.493 e. The summed E-state index contributed by atoms with van der Waals surface area (Å²) in [4.78, 5) is 19.1. The van der Waals surface area contributed by atoms with Crippen molar-refractivity contribution in [1.82, 2.24) is 4.90 Å². The Morgan fingerprint density at radius 3 is 2.53 bits per heavy atom. The normalized spacial score (nSPS) is 23.8. The molecule has 1 aromatic carbocycles. The van der Waals surface area contributed by atoms with Crippen LogP contribution in [0.5, 0.6) is 11.5 Å². The van der Waals surface area contributed by atoms with Crippen molar-refractivity contribution in [3.8, 4) is 11.5 Å². The number of hydrogen-bond donors (Lipinski definition) is 0. The zero-order valence-corrected chi connectivity index (χ0v) is 19.6. The Morgan fingerprint density at radius 2 is 1.90 bits per heavy atom. The van der Waals surface area contributed by atoms with Gasteiger partial charge in [-0.3, -0.25) is 4.79 Å². The fraction of sp³-hybridized carbons (Fsp3) is 0.619. The van der Waals surface area contributed by atoms with Gasteiger partial charge >= 0.3 is 0 Å². The highest BCUT2D eigenvalue weighted by Gasteiger charge is 2.48. The van der Waals surface area contributed by atoms with E-state index in [4.69, 9.17) is 9.47 Å². The van der Waals surface area contributed by atoms with E-state index in [1.807, 2.05) is 36.9 Å². The first-order valence-electron chi connectivity index (χ1n) is 10.3. The summed E-state index contributed by atoms with van der Waals surface area (Å²) >= 11 is 1.44. The first-order chi connectivity index (χ1) is 14.3. The van der Waals surface area contributed by atoms with Gasteiger partial charge in [0.1, 0.15) is 0 Å². The van der Waals surface area contributed by atoms with Crippen LogP contribution < -0.4 is 9.47 Å². The quantitative estimate of drug-likeness (QED) is 0.597. The molecule has 3 rings (SSSR count). The molecular formula is C21H30N2O5S2. The molecule has 0 spiro atoms. The second-order valence-electron chi connectivity index (χ2n) is 7.68. The molecule has 0 aliphatic carbocycles. The molecule has 0 radical (unpaired) electrons. The maximum Gasteiger partial charge on any atom is 0.251 e. The molecule has 2 atom stereocenters. The summed E-state index contributed by atoms with van der Waals surface area (Å²) in [6.07, 6.45) is 2.19. The van der Waals surface area contributed by atoms with E-state index in [0.29, 0.717) is 29.6 Å². The number of sulfone groups is 1. The lowest BCUT2D eigenvalue weighted by Gasteiger charge is -2.25. The van der Waals surface area contributed by atoms with Gasteiger partial charge in [0.25, 0.3) is 5.91 Å². The number of aliphatic imine (C=N–C) groups is 1. The summed E-state index contributed by atoms with van der Waals surface area (Å²) in [7, 11) is 0.137. The van der Waals surface area contributed by atoms with E-state index in [1.54, 1.807) is 14.2 Å². The van der Waals surface area contributed by atoms with Crippen molar-refractivity contribution in [2.45, 2.75) is 44.4 Å². The van der Waals surface area contributed by atoms with Gasteiger partial charge in [-0.2, -0.15) is 4.99 Å². The van der Waals surface area contributed by atoms with E-state index >= 15 is 0 Å². The molecular weight excluding hydrogens is 424 g/mol. The van der Waals surface area contributed by atoms with E-state index < -0.39 is 9.84 Å². The molecule has 9 heteroatoms. The molecule has 0 unspecified atom stereocenters. The first-order valence-corrected chi connectivity index (χ1v) is 13.0. The molecule has 1 aromatic rings. The molecule has 7 nitrogen and oxygen atoms in total. The number of hydrogen-bond acceptors (Lipinski definition) is 6. The van der Waals surface area contributed by atoms with Crippen molar-refractivity contribution in [1.29, 1.82) is 0 Å². The fourth-order valence-corrected chi connectivity index (χ4v) is 7.99. The van der Waals surface area contributed by atoms with Gasteiger partial charge in [-0.15, -0.1) is 0 Å². The summed E-state index contributed by atoms with van der Waals surface area (Å²) in [5.74, 6) is 1.39. The number of carbonyl (C=O) groups is 1. The van der Waals surface area contributed by atoms with Gasteiger partial charge in [-0.25, -0.2) is 8.42 Å². The van der Waals surface area contributed by atoms with Gasteiger partial charge < -0.3 is 14.4 Å². The predicted octanol–water partition coefficient (Wildman–Crippen LogP) is 2.78. The van der Waals surface area contributed by atoms with Crippen molar-refractivity contribution in [3.63, 3.8) is 0 Å². The number of methoxy groups -OCH3 is 2. The second kappa shape index (κ2) is 9.60. The van der Waals surface area contributed by atoms with Crippen molar-refractivity contribution in [2.75, 3.05) is 32.3 Å². The van der Waals surface area contributed by atoms with Gasteiger partial charge in [0.15, 0.2) is 26.5 Å².